The van der Waals surface area contributed by atoms with Gasteiger partial charge in [-0.25, -0.2) is 15.0 Å². The van der Waals surface area contributed by atoms with Crippen molar-refractivity contribution in [3.8, 4) is 22.8 Å². The van der Waals surface area contributed by atoms with Crippen LogP contribution >= 0.6 is 12.4 Å². The van der Waals surface area contributed by atoms with Crippen molar-refractivity contribution in [1.29, 1.82) is 0 Å². The van der Waals surface area contributed by atoms with Gasteiger partial charge in [-0.15, -0.1) is 12.4 Å². The van der Waals surface area contributed by atoms with Crippen LogP contribution in [0, 0.1) is 6.92 Å². The van der Waals surface area contributed by atoms with Crippen molar-refractivity contribution in [2.24, 2.45) is 0 Å². The van der Waals surface area contributed by atoms with Crippen molar-refractivity contribution in [3.63, 3.8) is 0 Å². The van der Waals surface area contributed by atoms with Gasteiger partial charge in [0.15, 0.2) is 0 Å². The predicted molar refractivity (Wildman–Crippen MR) is 111 cm³/mol. The quantitative estimate of drug-likeness (QED) is 0.507. The summed E-state index contributed by atoms with van der Waals surface area (Å²) in [7, 11) is 0. The van der Waals surface area contributed by atoms with E-state index in [0.717, 1.165) is 33.8 Å². The van der Waals surface area contributed by atoms with Crippen LogP contribution in [-0.2, 0) is 0 Å². The summed E-state index contributed by atoms with van der Waals surface area (Å²) < 4.78 is 3.98. The molecule has 0 radical (unpaired) electrons. The Morgan fingerprint density at radius 3 is 2.21 bits per heavy atom. The molecule has 0 aliphatic heterocycles. The molecule has 0 fully saturated rings. The van der Waals surface area contributed by atoms with Crippen molar-refractivity contribution in [3.05, 3.63) is 79.4 Å². The van der Waals surface area contributed by atoms with Gasteiger partial charge in [-0.1, -0.05) is 0 Å². The maximum Gasteiger partial charge on any atom is 0.138 e. The van der Waals surface area contributed by atoms with E-state index in [1.54, 1.807) is 25.0 Å². The molecule has 0 atom stereocenters. The van der Waals surface area contributed by atoms with Crippen molar-refractivity contribution in [2.45, 2.75) is 6.92 Å². The standard InChI is InChI=1S/C20H16N6.ClH.H2O/c1-14-10-17-18(11-19(14)26-9-7-22-13-26)24-20(23-17)15-2-4-16(5-3-15)25-8-6-21-12-25;;/h2-13H,1H3,(H,23,24);1H;1H2. The van der Waals surface area contributed by atoms with Crippen LogP contribution in [0.3, 0.4) is 0 Å². The van der Waals surface area contributed by atoms with Crippen molar-refractivity contribution in [2.75, 3.05) is 0 Å². The van der Waals surface area contributed by atoms with Crippen LogP contribution in [0.5, 0.6) is 0 Å². The lowest BCUT2D eigenvalue weighted by atomic mass is 10.2. The lowest BCUT2D eigenvalue weighted by Crippen LogP contribution is -1.93. The van der Waals surface area contributed by atoms with Gasteiger partial charge < -0.3 is 19.6 Å². The molecule has 2 aromatic carbocycles. The number of aromatic amines is 1. The third-order valence-electron chi connectivity index (χ3n) is 4.53. The van der Waals surface area contributed by atoms with Gasteiger partial charge in [0.2, 0.25) is 0 Å². The Bertz CT molecular complexity index is 1180. The van der Waals surface area contributed by atoms with Crippen LogP contribution in [0.4, 0.5) is 0 Å². The average Bonchev–Trinajstić information content (AvgIpc) is 3.41. The molecule has 7 nitrogen and oxygen atoms in total. The number of nitrogens with one attached hydrogen (secondary N) is 1. The smallest absolute Gasteiger partial charge is 0.138 e. The van der Waals surface area contributed by atoms with Gasteiger partial charge in [0.25, 0.3) is 0 Å². The molecule has 8 heteroatoms. The van der Waals surface area contributed by atoms with Gasteiger partial charge in [-0.05, 0) is 48.9 Å². The summed E-state index contributed by atoms with van der Waals surface area (Å²) in [5, 5.41) is 0. The van der Waals surface area contributed by atoms with E-state index >= 15 is 0 Å². The number of aromatic nitrogens is 6. The van der Waals surface area contributed by atoms with Crippen LogP contribution in [0.2, 0.25) is 0 Å². The van der Waals surface area contributed by atoms with E-state index in [4.69, 9.17) is 4.98 Å². The molecule has 0 bridgehead atoms. The molecule has 3 aromatic heterocycles. The van der Waals surface area contributed by atoms with Gasteiger partial charge in [-0.2, -0.15) is 0 Å². The molecule has 0 spiro atoms. The van der Waals surface area contributed by atoms with Gasteiger partial charge >= 0.3 is 0 Å². The molecule has 0 unspecified atom stereocenters. The lowest BCUT2D eigenvalue weighted by molar-refractivity contribution is 0.824. The van der Waals surface area contributed by atoms with Gasteiger partial charge in [0, 0.05) is 36.0 Å². The van der Waals surface area contributed by atoms with Gasteiger partial charge in [0.1, 0.15) is 5.82 Å². The number of fused-ring (bicyclic) bond motifs is 1. The minimum absolute atomic E-state index is 0. The van der Waals surface area contributed by atoms with E-state index in [1.807, 2.05) is 21.5 Å². The topological polar surface area (TPSA) is 95.8 Å². The summed E-state index contributed by atoms with van der Waals surface area (Å²) in [6, 6.07) is 12.5. The number of halogens is 1. The second kappa shape index (κ2) is 7.67. The first-order valence-electron chi connectivity index (χ1n) is 8.35. The highest BCUT2D eigenvalue weighted by molar-refractivity contribution is 5.85. The Morgan fingerprint density at radius 1 is 0.893 bits per heavy atom. The van der Waals surface area contributed by atoms with E-state index < -0.39 is 0 Å². The second-order valence-corrected chi connectivity index (χ2v) is 6.23. The largest absolute Gasteiger partial charge is 0.412 e. The van der Waals surface area contributed by atoms with E-state index in [-0.39, 0.29) is 17.9 Å². The number of H-pyrrole nitrogens is 1. The normalized spacial score (nSPS) is 10.5. The van der Waals surface area contributed by atoms with E-state index in [1.165, 1.54) is 5.56 Å². The summed E-state index contributed by atoms with van der Waals surface area (Å²) in [5.74, 6) is 0.861. The molecular weight excluding hydrogens is 376 g/mol. The molecule has 0 aliphatic carbocycles. The summed E-state index contributed by atoms with van der Waals surface area (Å²) in [4.78, 5) is 16.4. The fraction of sp³-hybridized carbons (Fsp3) is 0.0500. The number of aryl methyl sites for hydroxylation is 1. The Hall–Kier alpha value is -3.42. The Balaban J connectivity index is 0.00000112. The minimum atomic E-state index is 0. The lowest BCUT2D eigenvalue weighted by Gasteiger charge is -2.05. The van der Waals surface area contributed by atoms with Crippen LogP contribution in [0.25, 0.3) is 33.8 Å². The molecule has 28 heavy (non-hydrogen) atoms. The zero-order chi connectivity index (χ0) is 17.5. The second-order valence-electron chi connectivity index (χ2n) is 6.23. The third kappa shape index (κ3) is 3.28. The number of benzene rings is 2. The molecule has 5 aromatic rings. The SMILES string of the molecule is Cc1cc2[nH]c(-c3ccc(-n4ccnc4)cc3)nc2cc1-n1ccnc1.Cl.O. The molecular formula is C20H19ClN6O. The number of rotatable bonds is 3. The fourth-order valence-corrected chi connectivity index (χ4v) is 3.17. The van der Waals surface area contributed by atoms with Crippen molar-refractivity contribution >= 4 is 23.4 Å². The Morgan fingerprint density at radius 2 is 1.57 bits per heavy atom. The number of nitrogens with zero attached hydrogens (tertiary/aromatic N) is 5. The highest BCUT2D eigenvalue weighted by atomic mass is 35.5. The van der Waals surface area contributed by atoms with Crippen LogP contribution in [0.15, 0.2) is 73.8 Å². The van der Waals surface area contributed by atoms with E-state index in [2.05, 4.69) is 58.3 Å². The first kappa shape index (κ1) is 19.3. The maximum absolute atomic E-state index is 4.78. The Kier molecular flexibility index (Phi) is 5.30. The predicted octanol–water partition coefficient (Wildman–Crippen LogP) is 3.51. The molecule has 0 saturated carbocycles. The first-order chi connectivity index (χ1) is 12.8. The molecule has 0 saturated heterocycles. The Labute approximate surface area is 167 Å². The van der Waals surface area contributed by atoms with E-state index in [0.29, 0.717) is 0 Å². The monoisotopic (exact) mass is 394 g/mol. The minimum Gasteiger partial charge on any atom is -0.412 e. The van der Waals surface area contributed by atoms with Crippen LogP contribution in [-0.4, -0.2) is 34.5 Å². The molecule has 142 valence electrons. The number of hydrogen-bond donors (Lipinski definition) is 1. The first-order valence-corrected chi connectivity index (χ1v) is 8.35. The highest BCUT2D eigenvalue weighted by Crippen LogP contribution is 2.25. The number of imidazole rings is 3. The third-order valence-corrected chi connectivity index (χ3v) is 4.53. The molecule has 0 aliphatic rings. The fourth-order valence-electron chi connectivity index (χ4n) is 3.17. The highest BCUT2D eigenvalue weighted by Gasteiger charge is 2.09. The maximum atomic E-state index is 4.78. The van der Waals surface area contributed by atoms with Crippen molar-refractivity contribution < 1.29 is 5.48 Å². The molecule has 5 rings (SSSR count). The average molecular weight is 395 g/mol. The van der Waals surface area contributed by atoms with E-state index in [9.17, 15) is 0 Å². The summed E-state index contributed by atoms with van der Waals surface area (Å²) >= 11 is 0. The zero-order valence-electron chi connectivity index (χ0n) is 15.1. The molecule has 3 heterocycles. The summed E-state index contributed by atoms with van der Waals surface area (Å²) in [6.45, 7) is 2.09. The van der Waals surface area contributed by atoms with Gasteiger partial charge in [-0.3, -0.25) is 0 Å². The number of hydrogen-bond acceptors (Lipinski definition) is 3. The van der Waals surface area contributed by atoms with Crippen LogP contribution in [0.1, 0.15) is 5.56 Å². The molecule has 3 N–H and O–H groups in total. The summed E-state index contributed by atoms with van der Waals surface area (Å²) in [6.07, 6.45) is 11.0. The summed E-state index contributed by atoms with van der Waals surface area (Å²) in [5.41, 5.74) is 6.34. The zero-order valence-corrected chi connectivity index (χ0v) is 15.9. The molecule has 0 amide bonds. The van der Waals surface area contributed by atoms with Crippen molar-refractivity contribution in [1.82, 2.24) is 29.1 Å². The van der Waals surface area contributed by atoms with Crippen LogP contribution < -0.4 is 0 Å². The van der Waals surface area contributed by atoms with Gasteiger partial charge in [0.05, 0.1) is 29.4 Å².